The van der Waals surface area contributed by atoms with Gasteiger partial charge in [0.2, 0.25) is 0 Å². The zero-order valence-electron chi connectivity index (χ0n) is 10.8. The molecule has 0 heterocycles. The van der Waals surface area contributed by atoms with E-state index >= 15 is 0 Å². The molecule has 0 fully saturated rings. The summed E-state index contributed by atoms with van der Waals surface area (Å²) in [7, 11) is 1.59. The van der Waals surface area contributed by atoms with Gasteiger partial charge in [-0.2, -0.15) is 0 Å². The molecule has 0 saturated heterocycles. The van der Waals surface area contributed by atoms with E-state index in [1.807, 2.05) is 25.1 Å². The van der Waals surface area contributed by atoms with Crippen molar-refractivity contribution in [3.8, 4) is 11.5 Å². The fraction of sp³-hybridized carbons (Fsp3) is 0.538. The number of benzene rings is 1. The Morgan fingerprint density at radius 2 is 2.00 bits per heavy atom. The second-order valence-electron chi connectivity index (χ2n) is 3.82. The summed E-state index contributed by atoms with van der Waals surface area (Å²) < 4.78 is 10.8. The van der Waals surface area contributed by atoms with Gasteiger partial charge in [0.15, 0.2) is 11.5 Å². The third-order valence-electron chi connectivity index (χ3n) is 2.59. The van der Waals surface area contributed by atoms with Gasteiger partial charge in [0, 0.05) is 12.1 Å². The Labute approximate surface area is 107 Å². The van der Waals surface area contributed by atoms with Crippen molar-refractivity contribution in [1.82, 2.24) is 5.32 Å². The summed E-state index contributed by atoms with van der Waals surface area (Å²) in [6.45, 7) is 2.77. The molecule has 0 amide bonds. The van der Waals surface area contributed by atoms with Crippen molar-refractivity contribution in [3.05, 3.63) is 23.8 Å². The molecular formula is C13H21NO4. The Hall–Kier alpha value is -1.30. The second kappa shape index (κ2) is 7.92. The first-order valence-electron chi connectivity index (χ1n) is 6.00. The van der Waals surface area contributed by atoms with Crippen LogP contribution in [0, 0.1) is 0 Å². The van der Waals surface area contributed by atoms with Crippen LogP contribution in [0.4, 0.5) is 0 Å². The lowest BCUT2D eigenvalue weighted by atomic mass is 10.1. The molecule has 102 valence electrons. The van der Waals surface area contributed by atoms with Crippen LogP contribution in [0.1, 0.15) is 12.5 Å². The van der Waals surface area contributed by atoms with Crippen LogP contribution in [0.15, 0.2) is 18.2 Å². The fourth-order valence-electron chi connectivity index (χ4n) is 1.64. The average molecular weight is 255 g/mol. The average Bonchev–Trinajstić information content (AvgIpc) is 2.40. The van der Waals surface area contributed by atoms with Crippen LogP contribution in [0.25, 0.3) is 0 Å². The van der Waals surface area contributed by atoms with Gasteiger partial charge in [0.05, 0.1) is 33.0 Å². The van der Waals surface area contributed by atoms with E-state index in [4.69, 9.17) is 19.7 Å². The summed E-state index contributed by atoms with van der Waals surface area (Å²) >= 11 is 0. The molecule has 5 heteroatoms. The van der Waals surface area contributed by atoms with Gasteiger partial charge in [-0.25, -0.2) is 0 Å². The minimum Gasteiger partial charge on any atom is -0.493 e. The van der Waals surface area contributed by atoms with E-state index in [2.05, 4.69) is 5.32 Å². The van der Waals surface area contributed by atoms with Crippen LogP contribution in [-0.2, 0) is 6.54 Å². The summed E-state index contributed by atoms with van der Waals surface area (Å²) in [6, 6.07) is 5.32. The second-order valence-corrected chi connectivity index (χ2v) is 3.82. The molecule has 0 aromatic heterocycles. The summed E-state index contributed by atoms with van der Waals surface area (Å²) in [5, 5.41) is 21.0. The molecule has 0 spiro atoms. The number of ether oxygens (including phenoxy) is 2. The number of hydrogen-bond donors (Lipinski definition) is 3. The molecule has 0 radical (unpaired) electrons. The minimum atomic E-state index is -0.328. The van der Waals surface area contributed by atoms with Crippen LogP contribution >= 0.6 is 0 Å². The third-order valence-corrected chi connectivity index (χ3v) is 2.59. The molecular weight excluding hydrogens is 234 g/mol. The number of hydrogen-bond acceptors (Lipinski definition) is 5. The fourth-order valence-corrected chi connectivity index (χ4v) is 1.64. The number of para-hydroxylation sites is 1. The highest BCUT2D eigenvalue weighted by atomic mass is 16.5. The van der Waals surface area contributed by atoms with Crippen molar-refractivity contribution >= 4 is 0 Å². The third kappa shape index (κ3) is 3.87. The normalized spacial score (nSPS) is 10.7. The van der Waals surface area contributed by atoms with Gasteiger partial charge in [0.1, 0.15) is 0 Å². The summed E-state index contributed by atoms with van der Waals surface area (Å²) in [5.41, 5.74) is 0.926. The van der Waals surface area contributed by atoms with Gasteiger partial charge in [-0.3, -0.25) is 0 Å². The van der Waals surface area contributed by atoms with Crippen LogP contribution in [0.3, 0.4) is 0 Å². The van der Waals surface area contributed by atoms with Crippen LogP contribution in [0.2, 0.25) is 0 Å². The number of nitrogens with one attached hydrogen (secondary N) is 1. The zero-order chi connectivity index (χ0) is 13.4. The SMILES string of the molecule is CCOc1cccc(CNC(CO)CO)c1OC. The Morgan fingerprint density at radius 3 is 2.56 bits per heavy atom. The summed E-state index contributed by atoms with van der Waals surface area (Å²) in [6.07, 6.45) is 0. The minimum absolute atomic E-state index is 0.107. The molecule has 1 rings (SSSR count). The maximum absolute atomic E-state index is 8.99. The molecule has 0 aliphatic rings. The highest BCUT2D eigenvalue weighted by molar-refractivity contribution is 5.46. The Balaban J connectivity index is 2.78. The Bertz CT molecular complexity index is 353. The lowest BCUT2D eigenvalue weighted by Crippen LogP contribution is -2.35. The van der Waals surface area contributed by atoms with Crippen molar-refractivity contribution in [2.45, 2.75) is 19.5 Å². The molecule has 0 bridgehead atoms. The zero-order valence-corrected chi connectivity index (χ0v) is 10.8. The highest BCUT2D eigenvalue weighted by Crippen LogP contribution is 2.30. The highest BCUT2D eigenvalue weighted by Gasteiger charge is 2.11. The largest absolute Gasteiger partial charge is 0.493 e. The Kier molecular flexibility index (Phi) is 6.49. The van der Waals surface area contributed by atoms with Crippen molar-refractivity contribution in [3.63, 3.8) is 0 Å². The van der Waals surface area contributed by atoms with Gasteiger partial charge in [-0.1, -0.05) is 12.1 Å². The van der Waals surface area contributed by atoms with Crippen LogP contribution < -0.4 is 14.8 Å². The monoisotopic (exact) mass is 255 g/mol. The molecule has 0 aliphatic heterocycles. The first-order valence-corrected chi connectivity index (χ1v) is 6.00. The van der Waals surface area contributed by atoms with Gasteiger partial charge in [-0.05, 0) is 13.0 Å². The predicted octanol–water partition coefficient (Wildman–Crippen LogP) is 0.537. The number of methoxy groups -OCH3 is 1. The van der Waals surface area contributed by atoms with Crippen molar-refractivity contribution in [2.75, 3.05) is 26.9 Å². The molecule has 1 aromatic rings. The van der Waals surface area contributed by atoms with E-state index < -0.39 is 0 Å². The van der Waals surface area contributed by atoms with Crippen molar-refractivity contribution < 1.29 is 19.7 Å². The van der Waals surface area contributed by atoms with E-state index in [-0.39, 0.29) is 19.3 Å². The lowest BCUT2D eigenvalue weighted by molar-refractivity contribution is 0.170. The standard InChI is InChI=1S/C13H21NO4/c1-3-18-12-6-4-5-10(13(12)17-2)7-14-11(8-15)9-16/h4-6,11,14-16H,3,7-9H2,1-2H3. The maximum atomic E-state index is 8.99. The first-order chi connectivity index (χ1) is 8.76. The molecule has 18 heavy (non-hydrogen) atoms. The van der Waals surface area contributed by atoms with Crippen molar-refractivity contribution in [1.29, 1.82) is 0 Å². The molecule has 3 N–H and O–H groups in total. The van der Waals surface area contributed by atoms with Gasteiger partial charge in [-0.15, -0.1) is 0 Å². The number of aliphatic hydroxyl groups is 2. The Morgan fingerprint density at radius 1 is 1.28 bits per heavy atom. The quantitative estimate of drug-likeness (QED) is 0.632. The summed E-state index contributed by atoms with van der Waals surface area (Å²) in [5.74, 6) is 1.38. The van der Waals surface area contributed by atoms with E-state index in [0.717, 1.165) is 5.56 Å². The molecule has 0 saturated carbocycles. The van der Waals surface area contributed by atoms with Gasteiger partial charge >= 0.3 is 0 Å². The molecule has 0 unspecified atom stereocenters. The summed E-state index contributed by atoms with van der Waals surface area (Å²) in [4.78, 5) is 0. The maximum Gasteiger partial charge on any atom is 0.165 e. The first kappa shape index (κ1) is 14.8. The number of aliphatic hydroxyl groups excluding tert-OH is 2. The van der Waals surface area contributed by atoms with E-state index in [1.54, 1.807) is 7.11 Å². The predicted molar refractivity (Wildman–Crippen MR) is 69.0 cm³/mol. The van der Waals surface area contributed by atoms with Crippen LogP contribution in [-0.4, -0.2) is 43.2 Å². The molecule has 0 atom stereocenters. The smallest absolute Gasteiger partial charge is 0.165 e. The van der Waals surface area contributed by atoms with Gasteiger partial charge < -0.3 is 25.0 Å². The lowest BCUT2D eigenvalue weighted by Gasteiger charge is -2.17. The van der Waals surface area contributed by atoms with Gasteiger partial charge in [0.25, 0.3) is 0 Å². The molecule has 0 aliphatic carbocycles. The topological polar surface area (TPSA) is 71.0 Å². The molecule has 5 nitrogen and oxygen atoms in total. The van der Waals surface area contributed by atoms with Crippen LogP contribution in [0.5, 0.6) is 11.5 Å². The van der Waals surface area contributed by atoms with E-state index in [1.165, 1.54) is 0 Å². The number of rotatable bonds is 8. The van der Waals surface area contributed by atoms with E-state index in [9.17, 15) is 0 Å². The molecule has 1 aromatic carbocycles. The van der Waals surface area contributed by atoms with Crippen molar-refractivity contribution in [2.24, 2.45) is 0 Å². The van der Waals surface area contributed by atoms with E-state index in [0.29, 0.717) is 24.7 Å².